The van der Waals surface area contributed by atoms with Crippen LogP contribution in [-0.2, 0) is 13.0 Å². The molecule has 0 saturated carbocycles. The lowest BCUT2D eigenvalue weighted by Crippen LogP contribution is -2.37. The van der Waals surface area contributed by atoms with E-state index in [1.807, 2.05) is 18.2 Å². The maximum atomic E-state index is 5.99. The fourth-order valence-electron chi connectivity index (χ4n) is 3.14. The third-order valence-electron chi connectivity index (χ3n) is 4.62. The Morgan fingerprint density at radius 3 is 2.31 bits per heavy atom. The van der Waals surface area contributed by atoms with Crippen LogP contribution in [0.1, 0.15) is 11.1 Å². The van der Waals surface area contributed by atoms with E-state index in [0.717, 1.165) is 30.0 Å². The molecule has 0 spiro atoms. The van der Waals surface area contributed by atoms with E-state index >= 15 is 0 Å². The van der Waals surface area contributed by atoms with Gasteiger partial charge in [0.25, 0.3) is 0 Å². The summed E-state index contributed by atoms with van der Waals surface area (Å²) in [6, 6.07) is 21.2. The number of nitrogens with two attached hydrogens (primary N) is 1. The summed E-state index contributed by atoms with van der Waals surface area (Å²) in [5.41, 5.74) is 8.42. The topological polar surface area (TPSA) is 56.5 Å². The summed E-state index contributed by atoms with van der Waals surface area (Å²) in [6.07, 6.45) is 0.897. The smallest absolute Gasteiger partial charge is 0.161 e. The van der Waals surface area contributed by atoms with E-state index in [1.165, 1.54) is 16.3 Å². The molecule has 0 fully saturated rings. The van der Waals surface area contributed by atoms with E-state index in [9.17, 15) is 0 Å². The Labute approximate surface area is 154 Å². The average molecular weight is 350 g/mol. The predicted molar refractivity (Wildman–Crippen MR) is 107 cm³/mol. The highest BCUT2D eigenvalue weighted by molar-refractivity contribution is 5.83. The van der Waals surface area contributed by atoms with E-state index in [2.05, 4.69) is 47.8 Å². The van der Waals surface area contributed by atoms with Crippen molar-refractivity contribution in [3.63, 3.8) is 0 Å². The molecule has 0 aliphatic carbocycles. The summed E-state index contributed by atoms with van der Waals surface area (Å²) in [6.45, 7) is 1.32. The zero-order chi connectivity index (χ0) is 18.4. The van der Waals surface area contributed by atoms with Crippen molar-refractivity contribution in [2.45, 2.75) is 19.0 Å². The molecule has 26 heavy (non-hydrogen) atoms. The standard InChI is InChI=1S/C22H26N2O2/c1-25-21-10-8-17(13-22(21)26-2)15-24-20(14-23)12-16-7-9-18-5-3-4-6-19(18)11-16/h3-11,13,20,24H,12,14-15,23H2,1-2H3. The molecule has 3 aromatic carbocycles. The maximum absolute atomic E-state index is 5.99. The van der Waals surface area contributed by atoms with Gasteiger partial charge in [0, 0.05) is 19.1 Å². The van der Waals surface area contributed by atoms with Crippen LogP contribution in [0.15, 0.2) is 60.7 Å². The van der Waals surface area contributed by atoms with Gasteiger partial charge in [-0.1, -0.05) is 48.5 Å². The van der Waals surface area contributed by atoms with Gasteiger partial charge in [-0.25, -0.2) is 0 Å². The van der Waals surface area contributed by atoms with Crippen LogP contribution in [0.25, 0.3) is 10.8 Å². The molecule has 0 aromatic heterocycles. The molecule has 4 nitrogen and oxygen atoms in total. The van der Waals surface area contributed by atoms with Crippen LogP contribution in [0.2, 0.25) is 0 Å². The number of rotatable bonds is 8. The van der Waals surface area contributed by atoms with Gasteiger partial charge in [0.2, 0.25) is 0 Å². The molecule has 0 bridgehead atoms. The summed E-state index contributed by atoms with van der Waals surface area (Å²) >= 11 is 0. The first-order chi connectivity index (χ1) is 12.7. The second kappa shape index (κ2) is 8.70. The van der Waals surface area contributed by atoms with Gasteiger partial charge in [-0.05, 0) is 40.5 Å². The number of nitrogens with one attached hydrogen (secondary N) is 1. The molecule has 3 rings (SSSR count). The Morgan fingerprint density at radius 1 is 0.846 bits per heavy atom. The Kier molecular flexibility index (Phi) is 6.10. The minimum atomic E-state index is 0.212. The molecule has 136 valence electrons. The lowest BCUT2D eigenvalue weighted by atomic mass is 10.0. The highest BCUT2D eigenvalue weighted by Gasteiger charge is 2.10. The third-order valence-corrected chi connectivity index (χ3v) is 4.62. The molecular weight excluding hydrogens is 324 g/mol. The molecular formula is C22H26N2O2. The van der Waals surface area contributed by atoms with Crippen molar-refractivity contribution in [1.82, 2.24) is 5.32 Å². The minimum Gasteiger partial charge on any atom is -0.493 e. The minimum absolute atomic E-state index is 0.212. The fourth-order valence-corrected chi connectivity index (χ4v) is 3.14. The summed E-state index contributed by atoms with van der Waals surface area (Å²) in [5.74, 6) is 1.48. The monoisotopic (exact) mass is 350 g/mol. The molecule has 0 amide bonds. The third kappa shape index (κ3) is 4.34. The number of methoxy groups -OCH3 is 2. The quantitative estimate of drug-likeness (QED) is 0.653. The number of hydrogen-bond acceptors (Lipinski definition) is 4. The van der Waals surface area contributed by atoms with Gasteiger partial charge >= 0.3 is 0 Å². The zero-order valence-electron chi connectivity index (χ0n) is 15.4. The Hall–Kier alpha value is -2.56. The van der Waals surface area contributed by atoms with E-state index in [4.69, 9.17) is 15.2 Å². The summed E-state index contributed by atoms with van der Waals surface area (Å²) in [7, 11) is 3.29. The van der Waals surface area contributed by atoms with Crippen molar-refractivity contribution in [3.05, 3.63) is 71.8 Å². The SMILES string of the molecule is COc1ccc(CNC(CN)Cc2ccc3ccccc3c2)cc1OC. The van der Waals surface area contributed by atoms with Crippen LogP contribution in [0.5, 0.6) is 11.5 Å². The molecule has 4 heteroatoms. The molecule has 1 atom stereocenters. The van der Waals surface area contributed by atoms with Gasteiger partial charge in [0.05, 0.1) is 14.2 Å². The van der Waals surface area contributed by atoms with Crippen molar-refractivity contribution in [3.8, 4) is 11.5 Å². The second-order valence-corrected chi connectivity index (χ2v) is 6.39. The van der Waals surface area contributed by atoms with Crippen LogP contribution in [0, 0.1) is 0 Å². The first kappa shape index (κ1) is 18.2. The van der Waals surface area contributed by atoms with Gasteiger partial charge in [-0.3, -0.25) is 0 Å². The molecule has 0 aliphatic heterocycles. The lowest BCUT2D eigenvalue weighted by Gasteiger charge is -2.18. The Bertz CT molecular complexity index is 864. The van der Waals surface area contributed by atoms with Crippen molar-refractivity contribution in [2.75, 3.05) is 20.8 Å². The van der Waals surface area contributed by atoms with Gasteiger partial charge in [-0.15, -0.1) is 0 Å². The fraction of sp³-hybridized carbons (Fsp3) is 0.273. The van der Waals surface area contributed by atoms with Crippen LogP contribution in [-0.4, -0.2) is 26.8 Å². The largest absolute Gasteiger partial charge is 0.493 e. The molecule has 0 saturated heterocycles. The van der Waals surface area contributed by atoms with Gasteiger partial charge in [0.1, 0.15) is 0 Å². The van der Waals surface area contributed by atoms with Gasteiger partial charge in [0.15, 0.2) is 11.5 Å². The van der Waals surface area contributed by atoms with Crippen molar-refractivity contribution < 1.29 is 9.47 Å². The first-order valence-corrected chi connectivity index (χ1v) is 8.85. The van der Waals surface area contributed by atoms with Crippen molar-refractivity contribution >= 4 is 10.8 Å². The Balaban J connectivity index is 1.65. The maximum Gasteiger partial charge on any atom is 0.161 e. The van der Waals surface area contributed by atoms with E-state index in [0.29, 0.717) is 6.54 Å². The first-order valence-electron chi connectivity index (χ1n) is 8.85. The summed E-state index contributed by atoms with van der Waals surface area (Å²) in [5, 5.41) is 6.08. The van der Waals surface area contributed by atoms with Gasteiger partial charge < -0.3 is 20.5 Å². The number of ether oxygens (including phenoxy) is 2. The molecule has 0 aliphatic rings. The van der Waals surface area contributed by atoms with E-state index in [-0.39, 0.29) is 6.04 Å². The van der Waals surface area contributed by atoms with Crippen molar-refractivity contribution in [1.29, 1.82) is 0 Å². The van der Waals surface area contributed by atoms with Crippen LogP contribution in [0.4, 0.5) is 0 Å². The normalized spacial score (nSPS) is 12.1. The Morgan fingerprint density at radius 2 is 1.58 bits per heavy atom. The van der Waals surface area contributed by atoms with Crippen molar-refractivity contribution in [2.24, 2.45) is 5.73 Å². The highest BCUT2D eigenvalue weighted by Crippen LogP contribution is 2.27. The van der Waals surface area contributed by atoms with Gasteiger partial charge in [-0.2, -0.15) is 0 Å². The number of hydrogen-bond donors (Lipinski definition) is 2. The van der Waals surface area contributed by atoms with Crippen LogP contribution >= 0.6 is 0 Å². The highest BCUT2D eigenvalue weighted by atomic mass is 16.5. The number of benzene rings is 3. The molecule has 3 N–H and O–H groups in total. The second-order valence-electron chi connectivity index (χ2n) is 6.39. The van der Waals surface area contributed by atoms with E-state index in [1.54, 1.807) is 14.2 Å². The lowest BCUT2D eigenvalue weighted by molar-refractivity contribution is 0.354. The predicted octanol–water partition coefficient (Wildman–Crippen LogP) is 3.52. The summed E-state index contributed by atoms with van der Waals surface area (Å²) < 4.78 is 10.7. The molecule has 0 heterocycles. The number of fused-ring (bicyclic) bond motifs is 1. The average Bonchev–Trinajstić information content (AvgIpc) is 2.70. The van der Waals surface area contributed by atoms with E-state index < -0.39 is 0 Å². The molecule has 1 unspecified atom stereocenters. The summed E-state index contributed by atoms with van der Waals surface area (Å²) in [4.78, 5) is 0. The van der Waals surface area contributed by atoms with Crippen LogP contribution in [0.3, 0.4) is 0 Å². The van der Waals surface area contributed by atoms with Crippen LogP contribution < -0.4 is 20.5 Å². The molecule has 0 radical (unpaired) electrons. The zero-order valence-corrected chi connectivity index (χ0v) is 15.4. The molecule has 3 aromatic rings.